The molecule has 2 rings (SSSR count). The van der Waals surface area contributed by atoms with E-state index in [1.807, 2.05) is 11.9 Å². The van der Waals surface area contributed by atoms with Gasteiger partial charge in [-0.25, -0.2) is 0 Å². The Balaban J connectivity index is 2.10. The van der Waals surface area contributed by atoms with Gasteiger partial charge in [0.05, 0.1) is 0 Å². The lowest BCUT2D eigenvalue weighted by Gasteiger charge is -2.18. The Hall–Kier alpha value is -0.570. The molecule has 0 aliphatic carbocycles. The van der Waals surface area contributed by atoms with Gasteiger partial charge in [-0.15, -0.1) is 0 Å². The van der Waals surface area contributed by atoms with Gasteiger partial charge in [0.25, 0.3) is 0 Å². The maximum absolute atomic E-state index is 11.3. The average Bonchev–Trinajstić information content (AvgIpc) is 2.30. The van der Waals surface area contributed by atoms with Gasteiger partial charge in [0.15, 0.2) is 0 Å². The first-order valence-electron chi connectivity index (χ1n) is 4.26. The molecule has 2 fully saturated rings. The van der Waals surface area contributed by atoms with Gasteiger partial charge in [-0.2, -0.15) is 0 Å². The van der Waals surface area contributed by atoms with Crippen LogP contribution in [0.15, 0.2) is 0 Å². The van der Waals surface area contributed by atoms with E-state index in [2.05, 4.69) is 5.32 Å². The fraction of sp³-hybridized carbons (Fsp3) is 0.875. The van der Waals surface area contributed by atoms with Crippen LogP contribution in [-0.4, -0.2) is 36.5 Å². The van der Waals surface area contributed by atoms with Crippen LogP contribution in [0.4, 0.5) is 0 Å². The molecule has 0 spiro atoms. The quantitative estimate of drug-likeness (QED) is 0.531. The van der Waals surface area contributed by atoms with Crippen molar-refractivity contribution in [2.75, 3.05) is 13.6 Å². The summed E-state index contributed by atoms with van der Waals surface area (Å²) in [7, 11) is 1.89. The number of carbonyl (C=O) groups excluding carboxylic acids is 1. The summed E-state index contributed by atoms with van der Waals surface area (Å²) in [5.74, 6) is 0.296. The monoisotopic (exact) mass is 154 g/mol. The number of carbonyl (C=O) groups is 1. The van der Waals surface area contributed by atoms with E-state index >= 15 is 0 Å². The third kappa shape index (κ3) is 1.25. The summed E-state index contributed by atoms with van der Waals surface area (Å²) in [5, 5.41) is 3.45. The molecule has 0 radical (unpaired) electrons. The summed E-state index contributed by atoms with van der Waals surface area (Å²) in [6.07, 6.45) is 3.12. The van der Waals surface area contributed by atoms with Crippen LogP contribution in [0, 0.1) is 0 Å². The van der Waals surface area contributed by atoms with E-state index in [9.17, 15) is 4.79 Å². The van der Waals surface area contributed by atoms with Crippen molar-refractivity contribution >= 4 is 5.91 Å². The smallest absolute Gasteiger partial charge is 0.223 e. The minimum Gasteiger partial charge on any atom is -0.344 e. The minimum absolute atomic E-state index is 0.296. The lowest BCUT2D eigenvalue weighted by molar-refractivity contribution is -0.129. The zero-order chi connectivity index (χ0) is 7.84. The van der Waals surface area contributed by atoms with Crippen LogP contribution in [0.25, 0.3) is 0 Å². The molecule has 2 heterocycles. The lowest BCUT2D eigenvalue weighted by atomic mass is 10.1. The highest BCUT2D eigenvalue weighted by Crippen LogP contribution is 2.19. The number of likely N-dealkylation sites (N-methyl/N-ethyl adjacent to an activating group) is 1. The van der Waals surface area contributed by atoms with Crippen molar-refractivity contribution in [1.29, 1.82) is 0 Å². The molecule has 62 valence electrons. The molecule has 0 aromatic heterocycles. The van der Waals surface area contributed by atoms with Gasteiger partial charge in [-0.3, -0.25) is 4.79 Å². The Kier molecular flexibility index (Phi) is 1.60. The standard InChI is InChI=1S/C8H14N2O/c1-10-5-7-3-2-6(9-7)4-8(10)11/h6-7,9H,2-5H2,1H3/t6-,7-/m1/s1. The molecular formula is C8H14N2O. The molecule has 2 atom stereocenters. The Morgan fingerprint density at radius 1 is 1.45 bits per heavy atom. The Bertz CT molecular complexity index is 181. The van der Waals surface area contributed by atoms with E-state index in [-0.39, 0.29) is 0 Å². The Labute approximate surface area is 66.8 Å². The Morgan fingerprint density at radius 3 is 3.00 bits per heavy atom. The normalized spacial score (nSPS) is 37.5. The van der Waals surface area contributed by atoms with Crippen molar-refractivity contribution < 1.29 is 4.79 Å². The number of nitrogens with one attached hydrogen (secondary N) is 1. The molecule has 2 saturated heterocycles. The van der Waals surface area contributed by atoms with E-state index in [0.717, 1.165) is 6.54 Å². The van der Waals surface area contributed by atoms with Crippen LogP contribution >= 0.6 is 0 Å². The second-order valence-corrected chi connectivity index (χ2v) is 3.62. The number of likely N-dealkylation sites (tertiary alicyclic amines) is 1. The molecule has 0 aromatic rings. The maximum Gasteiger partial charge on any atom is 0.223 e. The molecule has 0 saturated carbocycles. The van der Waals surface area contributed by atoms with Crippen molar-refractivity contribution in [2.24, 2.45) is 0 Å². The zero-order valence-corrected chi connectivity index (χ0v) is 6.84. The first-order chi connectivity index (χ1) is 5.25. The lowest BCUT2D eigenvalue weighted by Crippen LogP contribution is -2.34. The molecule has 1 N–H and O–H groups in total. The van der Waals surface area contributed by atoms with Crippen LogP contribution in [0.3, 0.4) is 0 Å². The van der Waals surface area contributed by atoms with E-state index in [1.54, 1.807) is 0 Å². The average molecular weight is 154 g/mol. The van der Waals surface area contributed by atoms with E-state index in [4.69, 9.17) is 0 Å². The third-order valence-electron chi connectivity index (χ3n) is 2.68. The van der Waals surface area contributed by atoms with Crippen molar-refractivity contribution in [3.63, 3.8) is 0 Å². The van der Waals surface area contributed by atoms with Crippen molar-refractivity contribution in [1.82, 2.24) is 10.2 Å². The second kappa shape index (κ2) is 2.48. The molecule has 2 aliphatic heterocycles. The number of fused-ring (bicyclic) bond motifs is 2. The van der Waals surface area contributed by atoms with E-state index < -0.39 is 0 Å². The number of hydrogen-bond acceptors (Lipinski definition) is 2. The minimum atomic E-state index is 0.296. The second-order valence-electron chi connectivity index (χ2n) is 3.62. The molecule has 1 amide bonds. The van der Waals surface area contributed by atoms with Crippen molar-refractivity contribution in [2.45, 2.75) is 31.3 Å². The van der Waals surface area contributed by atoms with Crippen molar-refractivity contribution in [3.8, 4) is 0 Å². The fourth-order valence-corrected chi connectivity index (χ4v) is 2.01. The van der Waals surface area contributed by atoms with Gasteiger partial charge in [0.1, 0.15) is 0 Å². The van der Waals surface area contributed by atoms with Crippen LogP contribution in [0.2, 0.25) is 0 Å². The predicted molar refractivity (Wildman–Crippen MR) is 42.2 cm³/mol. The summed E-state index contributed by atoms with van der Waals surface area (Å²) < 4.78 is 0. The zero-order valence-electron chi connectivity index (χ0n) is 6.84. The molecule has 3 heteroatoms. The van der Waals surface area contributed by atoms with Gasteiger partial charge in [0.2, 0.25) is 5.91 Å². The van der Waals surface area contributed by atoms with Gasteiger partial charge < -0.3 is 10.2 Å². The molecule has 0 aromatic carbocycles. The van der Waals surface area contributed by atoms with Gasteiger partial charge in [0, 0.05) is 32.1 Å². The summed E-state index contributed by atoms with van der Waals surface area (Å²) in [5.41, 5.74) is 0. The van der Waals surface area contributed by atoms with Crippen LogP contribution in [0.1, 0.15) is 19.3 Å². The highest BCUT2D eigenvalue weighted by atomic mass is 16.2. The van der Waals surface area contributed by atoms with E-state index in [0.29, 0.717) is 24.4 Å². The maximum atomic E-state index is 11.3. The highest BCUT2D eigenvalue weighted by Gasteiger charge is 2.31. The van der Waals surface area contributed by atoms with Crippen molar-refractivity contribution in [3.05, 3.63) is 0 Å². The fourth-order valence-electron chi connectivity index (χ4n) is 2.01. The van der Waals surface area contributed by atoms with Gasteiger partial charge >= 0.3 is 0 Å². The summed E-state index contributed by atoms with van der Waals surface area (Å²) in [6.45, 7) is 0.898. The molecule has 11 heavy (non-hydrogen) atoms. The first-order valence-corrected chi connectivity index (χ1v) is 4.26. The number of hydrogen-bond donors (Lipinski definition) is 1. The topological polar surface area (TPSA) is 32.3 Å². The molecule has 2 bridgehead atoms. The summed E-state index contributed by atoms with van der Waals surface area (Å²) in [6, 6.07) is 1.04. The Morgan fingerprint density at radius 2 is 2.18 bits per heavy atom. The van der Waals surface area contributed by atoms with Gasteiger partial charge in [-0.1, -0.05) is 0 Å². The molecule has 2 aliphatic rings. The number of amides is 1. The SMILES string of the molecule is CN1C[C@H]2CC[C@H](CC1=O)N2. The largest absolute Gasteiger partial charge is 0.344 e. The summed E-state index contributed by atoms with van der Waals surface area (Å²) in [4.78, 5) is 13.1. The summed E-state index contributed by atoms with van der Waals surface area (Å²) >= 11 is 0. The first kappa shape index (κ1) is 7.10. The molecular weight excluding hydrogens is 140 g/mol. The van der Waals surface area contributed by atoms with Crippen LogP contribution in [-0.2, 0) is 4.79 Å². The number of rotatable bonds is 0. The van der Waals surface area contributed by atoms with Crippen LogP contribution < -0.4 is 5.32 Å². The predicted octanol–water partition coefficient (Wildman–Crippen LogP) is -0.0309. The van der Waals surface area contributed by atoms with E-state index in [1.165, 1.54) is 12.8 Å². The highest BCUT2D eigenvalue weighted by molar-refractivity contribution is 5.77. The van der Waals surface area contributed by atoms with Crippen LogP contribution in [0.5, 0.6) is 0 Å². The number of nitrogens with zero attached hydrogens (tertiary/aromatic N) is 1. The molecule has 3 nitrogen and oxygen atoms in total. The third-order valence-corrected chi connectivity index (χ3v) is 2.68. The van der Waals surface area contributed by atoms with Gasteiger partial charge in [-0.05, 0) is 12.8 Å². The molecule has 0 unspecified atom stereocenters.